The summed E-state index contributed by atoms with van der Waals surface area (Å²) in [5.74, 6) is -0.532. The third-order valence-corrected chi connectivity index (χ3v) is 4.53. The van der Waals surface area contributed by atoms with Crippen molar-refractivity contribution in [2.24, 2.45) is 5.92 Å². The van der Waals surface area contributed by atoms with Gasteiger partial charge >= 0.3 is 0 Å². The highest BCUT2D eigenvalue weighted by Gasteiger charge is 2.29. The fourth-order valence-electron chi connectivity index (χ4n) is 2.48. The molecule has 8 heteroatoms. The fourth-order valence-corrected chi connectivity index (χ4v) is 3.17. The normalized spacial score (nSPS) is 17.7. The van der Waals surface area contributed by atoms with Crippen LogP contribution in [0.15, 0.2) is 17.6 Å². The summed E-state index contributed by atoms with van der Waals surface area (Å²) < 4.78 is 1.79. The van der Waals surface area contributed by atoms with Crippen LogP contribution < -0.4 is 5.32 Å². The first-order valence-electron chi connectivity index (χ1n) is 7.02. The molecule has 1 atom stereocenters. The van der Waals surface area contributed by atoms with E-state index in [0.717, 1.165) is 11.4 Å². The van der Waals surface area contributed by atoms with Crippen molar-refractivity contribution >= 4 is 28.3 Å². The number of anilines is 1. The van der Waals surface area contributed by atoms with Gasteiger partial charge in [-0.15, -0.1) is 11.3 Å². The van der Waals surface area contributed by atoms with E-state index in [0.29, 0.717) is 24.8 Å². The quantitative estimate of drug-likeness (QED) is 0.904. The number of fused-ring (bicyclic) bond motifs is 1. The Morgan fingerprint density at radius 2 is 2.23 bits per heavy atom. The average Bonchev–Trinajstić information content (AvgIpc) is 3.02. The Hall–Kier alpha value is -2.22. The summed E-state index contributed by atoms with van der Waals surface area (Å²) in [5, 5.41) is 9.54. The number of hydrogen-bond donors (Lipinski definition) is 1. The number of amides is 2. The number of aryl methyl sites for hydroxylation is 1. The fraction of sp³-hybridized carbons (Fsp3) is 0.429. The van der Waals surface area contributed by atoms with E-state index in [4.69, 9.17) is 0 Å². The number of thiazole rings is 1. The maximum absolute atomic E-state index is 12.5. The molecule has 2 aromatic heterocycles. The maximum atomic E-state index is 12.5. The lowest BCUT2D eigenvalue weighted by molar-refractivity contribution is -0.131. The monoisotopic (exact) mass is 319 g/mol. The summed E-state index contributed by atoms with van der Waals surface area (Å²) in [6.07, 6.45) is 1.69. The second-order valence-electron chi connectivity index (χ2n) is 5.38. The zero-order valence-electron chi connectivity index (χ0n) is 12.4. The van der Waals surface area contributed by atoms with Gasteiger partial charge in [0.1, 0.15) is 0 Å². The molecule has 116 valence electrons. The van der Waals surface area contributed by atoms with E-state index >= 15 is 0 Å². The Morgan fingerprint density at radius 1 is 1.41 bits per heavy atom. The first-order chi connectivity index (χ1) is 10.5. The molecule has 0 spiro atoms. The van der Waals surface area contributed by atoms with E-state index in [1.165, 1.54) is 18.3 Å². The van der Waals surface area contributed by atoms with Gasteiger partial charge in [-0.25, -0.2) is 4.98 Å². The molecule has 2 aromatic rings. The zero-order valence-corrected chi connectivity index (χ0v) is 13.3. The van der Waals surface area contributed by atoms with Crippen LogP contribution in [0.25, 0.3) is 0 Å². The van der Waals surface area contributed by atoms with E-state index in [9.17, 15) is 9.59 Å². The SMILES string of the molecule is CC(=O)N1Cc2ccnn2CC(C(=O)Nc2nc(C)cs2)C1. The van der Waals surface area contributed by atoms with E-state index in [1.807, 2.05) is 18.4 Å². The van der Waals surface area contributed by atoms with Crippen LogP contribution in [0.2, 0.25) is 0 Å². The van der Waals surface area contributed by atoms with Gasteiger partial charge in [0, 0.05) is 25.0 Å². The molecule has 0 saturated heterocycles. The maximum Gasteiger partial charge on any atom is 0.232 e. The van der Waals surface area contributed by atoms with E-state index < -0.39 is 0 Å². The number of rotatable bonds is 2. The first kappa shape index (κ1) is 14.7. The highest BCUT2D eigenvalue weighted by atomic mass is 32.1. The Labute approximate surface area is 132 Å². The van der Waals surface area contributed by atoms with Gasteiger partial charge in [-0.05, 0) is 13.0 Å². The molecule has 1 aliphatic rings. The predicted molar refractivity (Wildman–Crippen MR) is 82.3 cm³/mol. The molecular weight excluding hydrogens is 302 g/mol. The van der Waals surface area contributed by atoms with Crippen molar-refractivity contribution in [1.82, 2.24) is 19.7 Å². The largest absolute Gasteiger partial charge is 0.336 e. The number of nitrogens with zero attached hydrogens (tertiary/aromatic N) is 4. The van der Waals surface area contributed by atoms with Crippen molar-refractivity contribution in [3.63, 3.8) is 0 Å². The van der Waals surface area contributed by atoms with Crippen LogP contribution in [0.4, 0.5) is 5.13 Å². The van der Waals surface area contributed by atoms with Gasteiger partial charge in [0.2, 0.25) is 11.8 Å². The molecule has 3 heterocycles. The van der Waals surface area contributed by atoms with Gasteiger partial charge in [0.05, 0.1) is 30.4 Å². The van der Waals surface area contributed by atoms with Crippen molar-refractivity contribution in [2.75, 3.05) is 11.9 Å². The molecule has 0 aromatic carbocycles. The van der Waals surface area contributed by atoms with E-state index in [2.05, 4.69) is 15.4 Å². The molecule has 2 amide bonds. The molecule has 0 radical (unpaired) electrons. The topological polar surface area (TPSA) is 80.1 Å². The van der Waals surface area contributed by atoms with Crippen molar-refractivity contribution in [1.29, 1.82) is 0 Å². The minimum absolute atomic E-state index is 0.0439. The lowest BCUT2D eigenvalue weighted by atomic mass is 10.1. The van der Waals surface area contributed by atoms with Crippen LogP contribution in [0.3, 0.4) is 0 Å². The Kier molecular flexibility index (Phi) is 3.93. The lowest BCUT2D eigenvalue weighted by Gasteiger charge is -2.21. The molecule has 0 bridgehead atoms. The summed E-state index contributed by atoms with van der Waals surface area (Å²) >= 11 is 1.40. The summed E-state index contributed by atoms with van der Waals surface area (Å²) in [5.41, 5.74) is 1.82. The highest BCUT2D eigenvalue weighted by molar-refractivity contribution is 7.13. The van der Waals surface area contributed by atoms with Crippen molar-refractivity contribution in [2.45, 2.75) is 26.9 Å². The lowest BCUT2D eigenvalue weighted by Crippen LogP contribution is -2.37. The summed E-state index contributed by atoms with van der Waals surface area (Å²) in [6, 6.07) is 1.88. The molecule has 22 heavy (non-hydrogen) atoms. The van der Waals surface area contributed by atoms with Crippen LogP contribution in [0, 0.1) is 12.8 Å². The first-order valence-corrected chi connectivity index (χ1v) is 7.90. The second-order valence-corrected chi connectivity index (χ2v) is 6.24. The molecule has 7 nitrogen and oxygen atoms in total. The van der Waals surface area contributed by atoms with Crippen LogP contribution in [-0.2, 0) is 22.7 Å². The molecule has 0 fully saturated rings. The van der Waals surface area contributed by atoms with Crippen molar-refractivity contribution in [3.8, 4) is 0 Å². The molecular formula is C14H17N5O2S. The van der Waals surface area contributed by atoms with Gasteiger partial charge in [-0.3, -0.25) is 14.3 Å². The highest BCUT2D eigenvalue weighted by Crippen LogP contribution is 2.19. The van der Waals surface area contributed by atoms with Crippen molar-refractivity contribution in [3.05, 3.63) is 29.0 Å². The number of aromatic nitrogens is 3. The summed E-state index contributed by atoms with van der Waals surface area (Å²) in [6.45, 7) is 4.73. The number of carbonyl (C=O) groups excluding carboxylic acids is 2. The predicted octanol–water partition coefficient (Wildman–Crippen LogP) is 1.27. The van der Waals surface area contributed by atoms with Gasteiger partial charge in [-0.1, -0.05) is 0 Å². The molecule has 1 unspecified atom stereocenters. The van der Waals surface area contributed by atoms with Gasteiger partial charge < -0.3 is 10.2 Å². The third kappa shape index (κ3) is 3.01. The van der Waals surface area contributed by atoms with Gasteiger partial charge in [0.15, 0.2) is 5.13 Å². The molecule has 0 saturated carbocycles. The van der Waals surface area contributed by atoms with Crippen LogP contribution >= 0.6 is 11.3 Å². The zero-order chi connectivity index (χ0) is 15.7. The van der Waals surface area contributed by atoms with E-state index in [-0.39, 0.29) is 17.7 Å². The van der Waals surface area contributed by atoms with Crippen molar-refractivity contribution < 1.29 is 9.59 Å². The number of carbonyl (C=O) groups is 2. The molecule has 1 aliphatic heterocycles. The summed E-state index contributed by atoms with van der Waals surface area (Å²) in [7, 11) is 0. The Bertz CT molecular complexity index is 708. The van der Waals surface area contributed by atoms with Gasteiger partial charge in [-0.2, -0.15) is 5.10 Å². The number of hydrogen-bond acceptors (Lipinski definition) is 5. The Balaban J connectivity index is 1.79. The average molecular weight is 319 g/mol. The standard InChI is InChI=1S/C14H17N5O2S/c1-9-8-22-14(16-9)17-13(21)11-5-18(10(2)20)7-12-3-4-15-19(12)6-11/h3-4,8,11H,5-7H2,1-2H3,(H,16,17,21). The smallest absolute Gasteiger partial charge is 0.232 e. The van der Waals surface area contributed by atoms with Crippen LogP contribution in [0.5, 0.6) is 0 Å². The second kappa shape index (κ2) is 5.88. The third-order valence-electron chi connectivity index (χ3n) is 3.66. The van der Waals surface area contributed by atoms with Crippen LogP contribution in [-0.4, -0.2) is 38.0 Å². The number of nitrogens with one attached hydrogen (secondary N) is 1. The molecule has 1 N–H and O–H groups in total. The van der Waals surface area contributed by atoms with E-state index in [1.54, 1.807) is 15.8 Å². The summed E-state index contributed by atoms with van der Waals surface area (Å²) in [4.78, 5) is 30.2. The minimum atomic E-state index is -0.353. The minimum Gasteiger partial charge on any atom is -0.336 e. The Morgan fingerprint density at radius 3 is 2.91 bits per heavy atom. The van der Waals surface area contributed by atoms with Crippen LogP contribution in [0.1, 0.15) is 18.3 Å². The van der Waals surface area contributed by atoms with Gasteiger partial charge in [0.25, 0.3) is 0 Å². The molecule has 3 rings (SSSR count). The molecule has 0 aliphatic carbocycles.